The first-order chi connectivity index (χ1) is 8.65. The zero-order chi connectivity index (χ0) is 13.0. The molecule has 1 atom stereocenters. The van der Waals surface area contributed by atoms with Gasteiger partial charge in [-0.2, -0.15) is 0 Å². The molecule has 1 unspecified atom stereocenters. The third kappa shape index (κ3) is 3.33. The highest BCUT2D eigenvalue weighted by molar-refractivity contribution is 8.15. The number of hydrogen-bond acceptors (Lipinski definition) is 5. The molecule has 8 heteroatoms. The molecule has 1 aromatic heterocycles. The predicted molar refractivity (Wildman–Crippen MR) is 64.8 cm³/mol. The van der Waals surface area contributed by atoms with Gasteiger partial charge in [-0.05, 0) is 0 Å². The fourth-order valence-corrected chi connectivity index (χ4v) is 2.34. The number of thioether (sulfide) groups is 1. The Hall–Kier alpha value is -1.83. The Kier molecular flexibility index (Phi) is 3.98. The number of aromatic amines is 1. The van der Waals surface area contributed by atoms with Gasteiger partial charge in [0.25, 0.3) is 5.24 Å². The second-order valence-corrected chi connectivity index (χ2v) is 4.94. The zero-order valence-corrected chi connectivity index (χ0v) is 10.3. The maximum Gasteiger partial charge on any atom is 0.286 e. The molecule has 1 fully saturated rings. The SMILES string of the molecule is O=C(CC1SC(=O)NC1=O)NCCc1cnc[nH]1. The van der Waals surface area contributed by atoms with Crippen LogP contribution in [0.15, 0.2) is 12.5 Å². The van der Waals surface area contributed by atoms with E-state index in [1.165, 1.54) is 0 Å². The molecule has 3 N–H and O–H groups in total. The summed E-state index contributed by atoms with van der Waals surface area (Å²) < 4.78 is 0. The first kappa shape index (κ1) is 12.6. The molecule has 0 saturated carbocycles. The van der Waals surface area contributed by atoms with E-state index < -0.39 is 16.4 Å². The van der Waals surface area contributed by atoms with Crippen LogP contribution in [0.4, 0.5) is 4.79 Å². The predicted octanol–water partition coefficient (Wildman–Crippen LogP) is -0.190. The first-order valence-electron chi connectivity index (χ1n) is 5.40. The summed E-state index contributed by atoms with van der Waals surface area (Å²) in [7, 11) is 0. The zero-order valence-electron chi connectivity index (χ0n) is 9.43. The van der Waals surface area contributed by atoms with E-state index in [1.807, 2.05) is 0 Å². The van der Waals surface area contributed by atoms with Gasteiger partial charge < -0.3 is 10.3 Å². The van der Waals surface area contributed by atoms with Crippen molar-refractivity contribution in [1.82, 2.24) is 20.6 Å². The van der Waals surface area contributed by atoms with Crippen LogP contribution in [-0.4, -0.2) is 38.8 Å². The van der Waals surface area contributed by atoms with Gasteiger partial charge in [-0.15, -0.1) is 0 Å². The van der Waals surface area contributed by atoms with Crippen LogP contribution in [0.1, 0.15) is 12.1 Å². The van der Waals surface area contributed by atoms with Crippen LogP contribution in [0, 0.1) is 0 Å². The molecule has 96 valence electrons. The van der Waals surface area contributed by atoms with Gasteiger partial charge in [0.1, 0.15) is 5.25 Å². The van der Waals surface area contributed by atoms with Crippen molar-refractivity contribution in [3.8, 4) is 0 Å². The van der Waals surface area contributed by atoms with Crippen molar-refractivity contribution in [2.45, 2.75) is 18.1 Å². The molecule has 0 radical (unpaired) electrons. The molecular formula is C10H12N4O3S. The van der Waals surface area contributed by atoms with Crippen LogP contribution in [0.25, 0.3) is 0 Å². The lowest BCUT2D eigenvalue weighted by molar-refractivity contribution is -0.125. The van der Waals surface area contributed by atoms with Crippen LogP contribution in [-0.2, 0) is 16.0 Å². The highest BCUT2D eigenvalue weighted by Crippen LogP contribution is 2.21. The second-order valence-electron chi connectivity index (χ2n) is 3.76. The number of imide groups is 1. The van der Waals surface area contributed by atoms with Crippen molar-refractivity contribution in [2.24, 2.45) is 0 Å². The summed E-state index contributed by atoms with van der Waals surface area (Å²) in [4.78, 5) is 40.5. The van der Waals surface area contributed by atoms with E-state index in [4.69, 9.17) is 0 Å². The topological polar surface area (TPSA) is 104 Å². The lowest BCUT2D eigenvalue weighted by atomic mass is 10.2. The van der Waals surface area contributed by atoms with E-state index in [0.717, 1.165) is 17.5 Å². The number of imidazole rings is 1. The summed E-state index contributed by atoms with van der Waals surface area (Å²) in [5, 5.41) is 3.83. The Labute approximate surface area is 107 Å². The van der Waals surface area contributed by atoms with E-state index in [2.05, 4.69) is 20.6 Å². The Morgan fingerprint density at radius 1 is 1.50 bits per heavy atom. The quantitative estimate of drug-likeness (QED) is 0.686. The number of H-pyrrole nitrogens is 1. The van der Waals surface area contributed by atoms with Gasteiger partial charge in [0.15, 0.2) is 0 Å². The summed E-state index contributed by atoms with van der Waals surface area (Å²) in [6, 6.07) is 0. The van der Waals surface area contributed by atoms with Crippen molar-refractivity contribution in [3.63, 3.8) is 0 Å². The van der Waals surface area contributed by atoms with Gasteiger partial charge >= 0.3 is 0 Å². The van der Waals surface area contributed by atoms with E-state index in [9.17, 15) is 14.4 Å². The molecule has 1 aliphatic heterocycles. The molecule has 1 aliphatic rings. The Bertz CT molecular complexity index is 460. The van der Waals surface area contributed by atoms with Crippen molar-refractivity contribution >= 4 is 28.8 Å². The minimum atomic E-state index is -0.607. The van der Waals surface area contributed by atoms with Gasteiger partial charge in [-0.1, -0.05) is 11.8 Å². The molecule has 1 aromatic rings. The van der Waals surface area contributed by atoms with Crippen LogP contribution >= 0.6 is 11.8 Å². The maximum atomic E-state index is 11.5. The molecule has 2 heterocycles. The third-order valence-corrected chi connectivity index (χ3v) is 3.39. The fourth-order valence-electron chi connectivity index (χ4n) is 1.53. The van der Waals surface area contributed by atoms with Gasteiger partial charge in [-0.3, -0.25) is 19.7 Å². The largest absolute Gasteiger partial charge is 0.356 e. The number of amides is 3. The molecule has 0 aromatic carbocycles. The monoisotopic (exact) mass is 268 g/mol. The number of hydrogen-bond donors (Lipinski definition) is 3. The number of nitrogens with one attached hydrogen (secondary N) is 3. The van der Waals surface area contributed by atoms with E-state index >= 15 is 0 Å². The normalized spacial score (nSPS) is 18.8. The second kappa shape index (κ2) is 5.67. The molecule has 2 rings (SSSR count). The minimum Gasteiger partial charge on any atom is -0.356 e. The van der Waals surface area contributed by atoms with Crippen LogP contribution in [0.3, 0.4) is 0 Å². The van der Waals surface area contributed by atoms with Gasteiger partial charge in [0.05, 0.1) is 6.33 Å². The van der Waals surface area contributed by atoms with Crippen molar-refractivity contribution in [2.75, 3.05) is 6.54 Å². The van der Waals surface area contributed by atoms with Crippen LogP contribution in [0.5, 0.6) is 0 Å². The average Bonchev–Trinajstić information content (AvgIpc) is 2.90. The molecule has 3 amide bonds. The summed E-state index contributed by atoms with van der Waals surface area (Å²) >= 11 is 0.857. The lowest BCUT2D eigenvalue weighted by Gasteiger charge is -2.06. The van der Waals surface area contributed by atoms with Gasteiger partial charge in [0.2, 0.25) is 11.8 Å². The number of carbonyl (C=O) groups is 3. The molecule has 7 nitrogen and oxygen atoms in total. The van der Waals surface area contributed by atoms with Crippen molar-refractivity contribution in [1.29, 1.82) is 0 Å². The highest BCUT2D eigenvalue weighted by Gasteiger charge is 2.32. The minimum absolute atomic E-state index is 0.0191. The summed E-state index contributed by atoms with van der Waals surface area (Å²) in [6.45, 7) is 0.466. The summed E-state index contributed by atoms with van der Waals surface area (Å²) in [5.41, 5.74) is 0.929. The van der Waals surface area contributed by atoms with E-state index in [-0.39, 0.29) is 12.3 Å². The average molecular weight is 268 g/mol. The smallest absolute Gasteiger partial charge is 0.286 e. The van der Waals surface area contributed by atoms with Crippen LogP contribution in [0.2, 0.25) is 0 Å². The number of nitrogens with zero attached hydrogens (tertiary/aromatic N) is 1. The molecule has 0 bridgehead atoms. The fraction of sp³-hybridized carbons (Fsp3) is 0.400. The standard InChI is InChI=1S/C10H12N4O3S/c15-8(3-7-9(16)14-10(17)18-7)12-2-1-6-4-11-5-13-6/h4-5,7H,1-3H2,(H,11,13)(H,12,15)(H,14,16,17). The molecule has 1 saturated heterocycles. The summed E-state index contributed by atoms with van der Waals surface area (Å²) in [5.74, 6) is -0.634. The van der Waals surface area contributed by atoms with E-state index in [0.29, 0.717) is 13.0 Å². The van der Waals surface area contributed by atoms with Gasteiger partial charge in [-0.25, -0.2) is 4.98 Å². The van der Waals surface area contributed by atoms with Gasteiger partial charge in [0, 0.05) is 31.3 Å². The molecule has 18 heavy (non-hydrogen) atoms. The maximum absolute atomic E-state index is 11.5. The Morgan fingerprint density at radius 3 is 2.94 bits per heavy atom. The third-order valence-electron chi connectivity index (χ3n) is 2.41. The molecule has 0 aliphatic carbocycles. The first-order valence-corrected chi connectivity index (χ1v) is 6.28. The molecular weight excluding hydrogens is 256 g/mol. The molecule has 0 spiro atoms. The Balaban J connectivity index is 1.69. The highest BCUT2D eigenvalue weighted by atomic mass is 32.2. The number of rotatable bonds is 5. The lowest BCUT2D eigenvalue weighted by Crippen LogP contribution is -2.32. The number of carbonyl (C=O) groups excluding carboxylic acids is 3. The van der Waals surface area contributed by atoms with Crippen LogP contribution < -0.4 is 10.6 Å². The van der Waals surface area contributed by atoms with Crippen molar-refractivity contribution < 1.29 is 14.4 Å². The number of aromatic nitrogens is 2. The summed E-state index contributed by atoms with van der Waals surface area (Å²) in [6.07, 6.45) is 3.92. The Morgan fingerprint density at radius 2 is 2.33 bits per heavy atom. The van der Waals surface area contributed by atoms with E-state index in [1.54, 1.807) is 12.5 Å². The van der Waals surface area contributed by atoms with Crippen molar-refractivity contribution in [3.05, 3.63) is 18.2 Å².